The van der Waals surface area contributed by atoms with Crippen LogP contribution < -0.4 is 20.5 Å². The van der Waals surface area contributed by atoms with Crippen molar-refractivity contribution in [3.8, 4) is 17.1 Å². The van der Waals surface area contributed by atoms with Gasteiger partial charge in [0, 0.05) is 31.5 Å². The molecule has 1 saturated heterocycles. The van der Waals surface area contributed by atoms with Crippen molar-refractivity contribution in [2.45, 2.75) is 46.0 Å². The summed E-state index contributed by atoms with van der Waals surface area (Å²) in [6.07, 6.45) is 1.12. The van der Waals surface area contributed by atoms with Gasteiger partial charge >= 0.3 is 0 Å². The number of nitrogens with one attached hydrogen (secondary N) is 3. The van der Waals surface area contributed by atoms with Crippen LogP contribution in [0.2, 0.25) is 0 Å². The summed E-state index contributed by atoms with van der Waals surface area (Å²) in [4.78, 5) is 26.2. The Labute approximate surface area is 221 Å². The molecular weight excluding hydrogens is 482 g/mol. The number of methoxy groups -OCH3 is 1. The number of morpholine rings is 1. The zero-order chi connectivity index (χ0) is 27.0. The van der Waals surface area contributed by atoms with Gasteiger partial charge in [0.25, 0.3) is 5.56 Å². The number of nitrogens with zero attached hydrogens (tertiary/aromatic N) is 2. The number of pyridine rings is 1. The summed E-state index contributed by atoms with van der Waals surface area (Å²) in [7, 11) is 1.62. The van der Waals surface area contributed by atoms with Gasteiger partial charge in [0.2, 0.25) is 0 Å². The SMILES string of the molecule is COc1ccc([C@H](O)CNc2cc[nH]c(=O)c2-c2nc3c(C)cc(N4C[C@@H](C)O[C@@H](C)C4)cc3[nH]2)cc1C. The third-order valence-electron chi connectivity index (χ3n) is 7.03. The molecule has 200 valence electrons. The van der Waals surface area contributed by atoms with Crippen molar-refractivity contribution >= 4 is 22.4 Å². The van der Waals surface area contributed by atoms with Crippen LogP contribution in [0.3, 0.4) is 0 Å². The van der Waals surface area contributed by atoms with Crippen molar-refractivity contribution in [1.29, 1.82) is 0 Å². The Kier molecular flexibility index (Phi) is 7.14. The molecule has 38 heavy (non-hydrogen) atoms. The number of H-pyrrole nitrogens is 2. The first-order valence-corrected chi connectivity index (χ1v) is 12.9. The van der Waals surface area contributed by atoms with E-state index in [1.165, 1.54) is 0 Å². The Morgan fingerprint density at radius 1 is 1.16 bits per heavy atom. The molecule has 0 bridgehead atoms. The Hall–Kier alpha value is -3.82. The van der Waals surface area contributed by atoms with E-state index >= 15 is 0 Å². The number of anilines is 2. The van der Waals surface area contributed by atoms with Gasteiger partial charge in [-0.1, -0.05) is 6.07 Å². The van der Waals surface area contributed by atoms with Crippen LogP contribution in [0.4, 0.5) is 11.4 Å². The number of aryl methyl sites for hydroxylation is 2. The van der Waals surface area contributed by atoms with Crippen LogP contribution >= 0.6 is 0 Å². The number of imidazole rings is 1. The molecule has 0 spiro atoms. The highest BCUT2D eigenvalue weighted by Gasteiger charge is 2.24. The highest BCUT2D eigenvalue weighted by molar-refractivity contribution is 5.87. The third-order valence-corrected chi connectivity index (χ3v) is 7.03. The van der Waals surface area contributed by atoms with Crippen molar-refractivity contribution in [3.63, 3.8) is 0 Å². The van der Waals surface area contributed by atoms with E-state index in [1.54, 1.807) is 19.4 Å². The zero-order valence-corrected chi connectivity index (χ0v) is 22.5. The molecule has 0 radical (unpaired) electrons. The second-order valence-corrected chi connectivity index (χ2v) is 10.1. The summed E-state index contributed by atoms with van der Waals surface area (Å²) in [6.45, 7) is 10.0. The molecule has 1 aliphatic rings. The van der Waals surface area contributed by atoms with Crippen molar-refractivity contribution in [2.24, 2.45) is 0 Å². The molecule has 9 nitrogen and oxygen atoms in total. The van der Waals surface area contributed by atoms with E-state index in [1.807, 2.05) is 32.0 Å². The predicted molar refractivity (Wildman–Crippen MR) is 150 cm³/mol. The summed E-state index contributed by atoms with van der Waals surface area (Å²) >= 11 is 0. The van der Waals surface area contributed by atoms with E-state index < -0.39 is 6.10 Å². The van der Waals surface area contributed by atoms with E-state index in [0.29, 0.717) is 17.1 Å². The fourth-order valence-corrected chi connectivity index (χ4v) is 5.26. The summed E-state index contributed by atoms with van der Waals surface area (Å²) in [6, 6.07) is 11.6. The summed E-state index contributed by atoms with van der Waals surface area (Å²) in [5.41, 5.74) is 6.25. The number of aliphatic hydroxyl groups is 1. The fourth-order valence-electron chi connectivity index (χ4n) is 5.26. The Balaban J connectivity index is 1.43. The van der Waals surface area contributed by atoms with Crippen LogP contribution in [0.15, 0.2) is 47.4 Å². The summed E-state index contributed by atoms with van der Waals surface area (Å²) in [5.74, 6) is 1.25. The lowest BCUT2D eigenvalue weighted by atomic mass is 10.1. The molecule has 0 aliphatic carbocycles. The average Bonchev–Trinajstić information content (AvgIpc) is 3.31. The molecule has 2 aromatic heterocycles. The molecule has 9 heteroatoms. The van der Waals surface area contributed by atoms with Crippen molar-refractivity contribution < 1.29 is 14.6 Å². The van der Waals surface area contributed by atoms with Crippen LogP contribution in [0, 0.1) is 13.8 Å². The molecule has 0 unspecified atom stereocenters. The largest absolute Gasteiger partial charge is 0.496 e. The van der Waals surface area contributed by atoms with E-state index in [2.05, 4.69) is 46.2 Å². The van der Waals surface area contributed by atoms with Gasteiger partial charge in [-0.2, -0.15) is 0 Å². The van der Waals surface area contributed by atoms with Crippen LogP contribution in [0.1, 0.15) is 36.6 Å². The van der Waals surface area contributed by atoms with Crippen molar-refractivity contribution in [2.75, 3.05) is 37.0 Å². The van der Waals surface area contributed by atoms with Crippen molar-refractivity contribution in [1.82, 2.24) is 15.0 Å². The number of benzene rings is 2. The first-order chi connectivity index (χ1) is 18.2. The van der Waals surface area contributed by atoms with Gasteiger partial charge in [0.1, 0.15) is 17.1 Å². The molecule has 3 heterocycles. The van der Waals surface area contributed by atoms with Gasteiger partial charge in [0.15, 0.2) is 0 Å². The average molecular weight is 518 g/mol. The standard InChI is InChI=1S/C29H35N5O4/c1-16-10-20(6-7-25(16)37-5)24(35)13-31-22-8-9-30-29(36)26(22)28-32-23-12-21(11-17(2)27(23)33-28)34-14-18(3)38-19(4)15-34/h6-12,18-19,24,35H,13-15H2,1-5H3,(H,32,33)(H2,30,31,36)/t18-,19+,24-/m1/s1. The predicted octanol–water partition coefficient (Wildman–Crippen LogP) is 4.30. The van der Waals surface area contributed by atoms with Gasteiger partial charge < -0.3 is 34.8 Å². The molecule has 4 aromatic rings. The number of ether oxygens (including phenoxy) is 2. The topological polar surface area (TPSA) is 116 Å². The molecule has 2 aromatic carbocycles. The Bertz CT molecular complexity index is 1500. The lowest BCUT2D eigenvalue weighted by Gasteiger charge is -2.37. The molecule has 4 N–H and O–H groups in total. The fraction of sp³-hybridized carbons (Fsp3) is 0.379. The zero-order valence-electron chi connectivity index (χ0n) is 22.5. The maximum atomic E-state index is 13.0. The van der Waals surface area contributed by atoms with Gasteiger partial charge in [-0.3, -0.25) is 4.79 Å². The quantitative estimate of drug-likeness (QED) is 0.289. The highest BCUT2D eigenvalue weighted by Crippen LogP contribution is 2.31. The van der Waals surface area contributed by atoms with E-state index in [0.717, 1.165) is 52.3 Å². The first kappa shape index (κ1) is 25.8. The molecule has 3 atom stereocenters. The monoisotopic (exact) mass is 517 g/mol. The van der Waals surface area contributed by atoms with Crippen LogP contribution in [-0.4, -0.2) is 59.0 Å². The second-order valence-electron chi connectivity index (χ2n) is 10.1. The van der Waals surface area contributed by atoms with E-state index in [4.69, 9.17) is 14.5 Å². The van der Waals surface area contributed by atoms with Crippen LogP contribution in [0.25, 0.3) is 22.4 Å². The van der Waals surface area contributed by atoms with Crippen molar-refractivity contribution in [3.05, 3.63) is 69.6 Å². The number of aliphatic hydroxyl groups excluding tert-OH is 1. The van der Waals surface area contributed by atoms with E-state index in [9.17, 15) is 9.90 Å². The Morgan fingerprint density at radius 2 is 1.92 bits per heavy atom. The first-order valence-electron chi connectivity index (χ1n) is 12.9. The number of hydrogen-bond donors (Lipinski definition) is 4. The highest BCUT2D eigenvalue weighted by atomic mass is 16.5. The van der Waals surface area contributed by atoms with Gasteiger partial charge in [0.05, 0.1) is 42.1 Å². The lowest BCUT2D eigenvalue weighted by molar-refractivity contribution is -0.00521. The second kappa shape index (κ2) is 10.5. The summed E-state index contributed by atoms with van der Waals surface area (Å²) in [5, 5.41) is 14.1. The van der Waals surface area contributed by atoms with Gasteiger partial charge in [-0.15, -0.1) is 0 Å². The maximum Gasteiger partial charge on any atom is 0.261 e. The van der Waals surface area contributed by atoms with Gasteiger partial charge in [-0.25, -0.2) is 4.98 Å². The molecule has 0 saturated carbocycles. The number of aromatic amines is 2. The molecule has 0 amide bonds. The smallest absolute Gasteiger partial charge is 0.261 e. The van der Waals surface area contributed by atoms with Gasteiger partial charge in [-0.05, 0) is 74.7 Å². The van der Waals surface area contributed by atoms with E-state index in [-0.39, 0.29) is 24.3 Å². The lowest BCUT2D eigenvalue weighted by Crippen LogP contribution is -2.45. The minimum Gasteiger partial charge on any atom is -0.496 e. The molecule has 1 fully saturated rings. The maximum absolute atomic E-state index is 13.0. The number of aromatic nitrogens is 3. The number of rotatable bonds is 7. The Morgan fingerprint density at radius 3 is 2.63 bits per heavy atom. The number of hydrogen-bond acceptors (Lipinski definition) is 7. The minimum absolute atomic E-state index is 0.153. The number of fused-ring (bicyclic) bond motifs is 1. The normalized spacial score (nSPS) is 18.5. The van der Waals surface area contributed by atoms with Crippen LogP contribution in [-0.2, 0) is 4.74 Å². The molecule has 5 rings (SSSR count). The molecular formula is C29H35N5O4. The third kappa shape index (κ3) is 5.12. The van der Waals surface area contributed by atoms with Crippen LogP contribution in [0.5, 0.6) is 5.75 Å². The summed E-state index contributed by atoms with van der Waals surface area (Å²) < 4.78 is 11.2. The molecule has 1 aliphatic heterocycles. The minimum atomic E-state index is -0.773.